The van der Waals surface area contributed by atoms with Gasteiger partial charge in [0.15, 0.2) is 0 Å². The predicted octanol–water partition coefficient (Wildman–Crippen LogP) is 2.94. The molecule has 1 aromatic rings. The number of fused-ring (bicyclic) bond motifs is 1. The molecule has 0 saturated heterocycles. The van der Waals surface area contributed by atoms with Crippen LogP contribution in [0.3, 0.4) is 0 Å². The van der Waals surface area contributed by atoms with Gasteiger partial charge < -0.3 is 4.90 Å². The number of anilines is 1. The molecule has 2 heterocycles. The summed E-state index contributed by atoms with van der Waals surface area (Å²) in [6, 6.07) is 1.98. The summed E-state index contributed by atoms with van der Waals surface area (Å²) in [5, 5.41) is 0. The lowest BCUT2D eigenvalue weighted by atomic mass is 9.82. The van der Waals surface area contributed by atoms with Crippen LogP contribution in [0.5, 0.6) is 0 Å². The fourth-order valence-electron chi connectivity index (χ4n) is 3.50. The van der Waals surface area contributed by atoms with Crippen LogP contribution in [0.25, 0.3) is 0 Å². The molecule has 1 saturated carbocycles. The number of amides is 1. The van der Waals surface area contributed by atoms with Gasteiger partial charge in [0.1, 0.15) is 0 Å². The van der Waals surface area contributed by atoms with Crippen LogP contribution in [-0.2, 0) is 11.2 Å². The first-order valence-corrected chi connectivity index (χ1v) is 7.02. The highest BCUT2D eigenvalue weighted by molar-refractivity contribution is 5.99. The largest absolute Gasteiger partial charge is 0.311 e. The lowest BCUT2D eigenvalue weighted by molar-refractivity contribution is -0.128. The summed E-state index contributed by atoms with van der Waals surface area (Å²) >= 11 is 0. The summed E-state index contributed by atoms with van der Waals surface area (Å²) in [5.41, 5.74) is 2.23. The Bertz CT molecular complexity index is 463. The van der Waals surface area contributed by atoms with Crippen molar-refractivity contribution < 1.29 is 4.79 Å². The second kappa shape index (κ2) is 4.38. The zero-order valence-corrected chi connectivity index (χ0v) is 11.0. The van der Waals surface area contributed by atoms with Gasteiger partial charge in [-0.25, -0.2) is 0 Å². The third-order valence-corrected chi connectivity index (χ3v) is 4.71. The van der Waals surface area contributed by atoms with E-state index in [-0.39, 0.29) is 5.41 Å². The second-order valence-electron chi connectivity index (χ2n) is 5.55. The van der Waals surface area contributed by atoms with Crippen LogP contribution < -0.4 is 4.90 Å². The lowest BCUT2D eigenvalue weighted by Crippen LogP contribution is -2.41. The molecule has 0 radical (unpaired) electrons. The molecule has 0 N–H and O–H groups in total. The topological polar surface area (TPSA) is 33.2 Å². The van der Waals surface area contributed by atoms with Crippen LogP contribution in [0.15, 0.2) is 18.5 Å². The van der Waals surface area contributed by atoms with E-state index in [0.29, 0.717) is 5.91 Å². The van der Waals surface area contributed by atoms with Crippen molar-refractivity contribution in [3.05, 3.63) is 24.0 Å². The Morgan fingerprint density at radius 3 is 2.94 bits per heavy atom. The van der Waals surface area contributed by atoms with Crippen LogP contribution in [0.1, 0.15) is 44.6 Å². The van der Waals surface area contributed by atoms with E-state index in [1.165, 1.54) is 18.4 Å². The molecule has 1 aliphatic heterocycles. The monoisotopic (exact) mass is 244 g/mol. The van der Waals surface area contributed by atoms with Crippen LogP contribution in [0.2, 0.25) is 0 Å². The van der Waals surface area contributed by atoms with Gasteiger partial charge in [-0.1, -0.05) is 19.8 Å². The van der Waals surface area contributed by atoms with E-state index < -0.39 is 0 Å². The zero-order chi connectivity index (χ0) is 12.6. The number of hydrogen-bond acceptors (Lipinski definition) is 2. The Kier molecular flexibility index (Phi) is 2.84. The van der Waals surface area contributed by atoms with Gasteiger partial charge in [-0.2, -0.15) is 0 Å². The van der Waals surface area contributed by atoms with Crippen molar-refractivity contribution in [2.45, 2.75) is 45.4 Å². The second-order valence-corrected chi connectivity index (χ2v) is 5.55. The van der Waals surface area contributed by atoms with Crippen molar-refractivity contribution in [3.8, 4) is 0 Å². The normalized spacial score (nSPS) is 21.1. The molecule has 96 valence electrons. The molecule has 1 amide bonds. The SMILES string of the molecule is CCC1(C(=O)N2CCc3cnccc32)CCCC1. The van der Waals surface area contributed by atoms with E-state index in [9.17, 15) is 4.79 Å². The highest BCUT2D eigenvalue weighted by Gasteiger charge is 2.43. The van der Waals surface area contributed by atoms with E-state index in [4.69, 9.17) is 0 Å². The Morgan fingerprint density at radius 2 is 2.22 bits per heavy atom. The van der Waals surface area contributed by atoms with Gasteiger partial charge in [0.25, 0.3) is 0 Å². The summed E-state index contributed by atoms with van der Waals surface area (Å²) in [6.45, 7) is 2.99. The van der Waals surface area contributed by atoms with Crippen molar-refractivity contribution in [1.82, 2.24) is 4.98 Å². The molecule has 0 aromatic carbocycles. The predicted molar refractivity (Wildman–Crippen MR) is 71.5 cm³/mol. The Balaban J connectivity index is 1.90. The number of rotatable bonds is 2. The van der Waals surface area contributed by atoms with E-state index in [0.717, 1.165) is 37.9 Å². The van der Waals surface area contributed by atoms with E-state index in [1.807, 2.05) is 17.2 Å². The maximum atomic E-state index is 12.9. The van der Waals surface area contributed by atoms with Gasteiger partial charge in [-0.3, -0.25) is 9.78 Å². The summed E-state index contributed by atoms with van der Waals surface area (Å²) < 4.78 is 0. The molecular formula is C15H20N2O. The fourth-order valence-corrected chi connectivity index (χ4v) is 3.50. The van der Waals surface area contributed by atoms with Crippen LogP contribution in [-0.4, -0.2) is 17.4 Å². The molecule has 1 fully saturated rings. The number of aromatic nitrogens is 1. The summed E-state index contributed by atoms with van der Waals surface area (Å²) in [4.78, 5) is 19.0. The van der Waals surface area contributed by atoms with Crippen LogP contribution in [0.4, 0.5) is 5.69 Å². The van der Waals surface area contributed by atoms with Crippen LogP contribution >= 0.6 is 0 Å². The number of pyridine rings is 1. The first kappa shape index (κ1) is 11.7. The first-order chi connectivity index (χ1) is 8.77. The van der Waals surface area contributed by atoms with E-state index in [2.05, 4.69) is 11.9 Å². The van der Waals surface area contributed by atoms with E-state index >= 15 is 0 Å². The Morgan fingerprint density at radius 1 is 1.44 bits per heavy atom. The van der Waals surface area contributed by atoms with Gasteiger partial charge in [0.2, 0.25) is 5.91 Å². The minimum Gasteiger partial charge on any atom is -0.311 e. The van der Waals surface area contributed by atoms with Crippen molar-refractivity contribution in [2.24, 2.45) is 5.41 Å². The molecule has 0 bridgehead atoms. The van der Waals surface area contributed by atoms with Crippen LogP contribution in [0, 0.1) is 5.41 Å². The number of carbonyl (C=O) groups is 1. The number of nitrogens with zero attached hydrogens (tertiary/aromatic N) is 2. The maximum Gasteiger partial charge on any atom is 0.233 e. The van der Waals surface area contributed by atoms with Crippen molar-refractivity contribution in [3.63, 3.8) is 0 Å². The standard InChI is InChI=1S/C15H20N2O/c1-2-15(7-3-4-8-15)14(18)17-10-6-12-11-16-9-5-13(12)17/h5,9,11H,2-4,6-8,10H2,1H3. The summed E-state index contributed by atoms with van der Waals surface area (Å²) in [6.07, 6.45) is 10.2. The molecule has 1 aliphatic carbocycles. The smallest absolute Gasteiger partial charge is 0.233 e. The minimum atomic E-state index is -0.0785. The zero-order valence-electron chi connectivity index (χ0n) is 11.0. The average molecular weight is 244 g/mol. The molecule has 2 aliphatic rings. The summed E-state index contributed by atoms with van der Waals surface area (Å²) in [5.74, 6) is 0.354. The van der Waals surface area contributed by atoms with Crippen molar-refractivity contribution in [1.29, 1.82) is 0 Å². The minimum absolute atomic E-state index is 0.0785. The Labute approximate surface area is 108 Å². The number of carbonyl (C=O) groups excluding carboxylic acids is 1. The van der Waals surface area contributed by atoms with Gasteiger partial charge in [0, 0.05) is 30.0 Å². The quantitative estimate of drug-likeness (QED) is 0.801. The van der Waals surface area contributed by atoms with E-state index in [1.54, 1.807) is 6.20 Å². The third kappa shape index (κ3) is 1.64. The third-order valence-electron chi connectivity index (χ3n) is 4.71. The summed E-state index contributed by atoms with van der Waals surface area (Å²) in [7, 11) is 0. The molecule has 3 nitrogen and oxygen atoms in total. The average Bonchev–Trinajstić information content (AvgIpc) is 3.05. The lowest BCUT2D eigenvalue weighted by Gasteiger charge is -2.31. The highest BCUT2D eigenvalue weighted by atomic mass is 16.2. The molecule has 3 rings (SSSR count). The van der Waals surface area contributed by atoms with Gasteiger partial charge >= 0.3 is 0 Å². The van der Waals surface area contributed by atoms with Gasteiger partial charge in [0.05, 0.1) is 0 Å². The molecule has 0 atom stereocenters. The molecule has 1 aromatic heterocycles. The molecule has 0 spiro atoms. The van der Waals surface area contributed by atoms with Crippen molar-refractivity contribution >= 4 is 11.6 Å². The number of hydrogen-bond donors (Lipinski definition) is 0. The maximum absolute atomic E-state index is 12.9. The van der Waals surface area contributed by atoms with Gasteiger partial charge in [-0.05, 0) is 37.3 Å². The first-order valence-electron chi connectivity index (χ1n) is 7.02. The Hall–Kier alpha value is -1.38. The van der Waals surface area contributed by atoms with Gasteiger partial charge in [-0.15, -0.1) is 0 Å². The highest BCUT2D eigenvalue weighted by Crippen LogP contribution is 2.44. The van der Waals surface area contributed by atoms with Crippen molar-refractivity contribution in [2.75, 3.05) is 11.4 Å². The molecule has 0 unspecified atom stereocenters. The molecule has 3 heteroatoms. The fraction of sp³-hybridized carbons (Fsp3) is 0.600. The molecule has 18 heavy (non-hydrogen) atoms. The molecular weight excluding hydrogens is 224 g/mol.